The van der Waals surface area contributed by atoms with Crippen molar-refractivity contribution in [1.29, 1.82) is 0 Å². The van der Waals surface area contributed by atoms with Gasteiger partial charge >= 0.3 is 6.18 Å². The van der Waals surface area contributed by atoms with Gasteiger partial charge in [-0.15, -0.1) is 0 Å². The van der Waals surface area contributed by atoms with Crippen molar-refractivity contribution in [2.24, 2.45) is 0 Å². The smallest absolute Gasteiger partial charge is 0.433 e. The van der Waals surface area contributed by atoms with Gasteiger partial charge < -0.3 is 15.4 Å². The Labute approximate surface area is 169 Å². The monoisotopic (exact) mass is 411 g/mol. The van der Waals surface area contributed by atoms with Gasteiger partial charge in [0.05, 0.1) is 12.6 Å². The minimum Gasteiger partial charge on any atom is -0.497 e. The number of aromatic nitrogens is 3. The van der Waals surface area contributed by atoms with Gasteiger partial charge in [0.25, 0.3) is 0 Å². The van der Waals surface area contributed by atoms with E-state index in [0.29, 0.717) is 17.1 Å². The Kier molecular flexibility index (Phi) is 5.09. The summed E-state index contributed by atoms with van der Waals surface area (Å²) in [7, 11) is 1.53. The second kappa shape index (κ2) is 7.86. The quantitative estimate of drug-likeness (QED) is 0.449. The molecule has 0 aliphatic rings. The predicted molar refractivity (Wildman–Crippen MR) is 108 cm³/mol. The van der Waals surface area contributed by atoms with Crippen LogP contribution in [0.4, 0.5) is 36.3 Å². The third-order valence-electron chi connectivity index (χ3n) is 4.24. The molecular formula is C21H16F3N5O. The molecule has 2 heterocycles. The van der Waals surface area contributed by atoms with Crippen LogP contribution in [0.25, 0.3) is 10.9 Å². The molecule has 0 unspecified atom stereocenters. The van der Waals surface area contributed by atoms with Crippen molar-refractivity contribution >= 4 is 34.0 Å². The Balaban J connectivity index is 1.66. The highest BCUT2D eigenvalue weighted by molar-refractivity contribution is 5.83. The van der Waals surface area contributed by atoms with Gasteiger partial charge in [-0.2, -0.15) is 18.2 Å². The lowest BCUT2D eigenvalue weighted by atomic mass is 10.2. The summed E-state index contributed by atoms with van der Waals surface area (Å²) in [5.74, 6) is 0.454. The van der Waals surface area contributed by atoms with Crippen molar-refractivity contribution < 1.29 is 17.9 Å². The number of anilines is 4. The van der Waals surface area contributed by atoms with E-state index in [1.54, 1.807) is 54.7 Å². The van der Waals surface area contributed by atoms with Gasteiger partial charge in [0, 0.05) is 29.0 Å². The fourth-order valence-corrected chi connectivity index (χ4v) is 2.82. The van der Waals surface area contributed by atoms with Crippen LogP contribution in [-0.4, -0.2) is 22.1 Å². The number of nitrogens with one attached hydrogen (secondary N) is 2. The Hall–Kier alpha value is -3.88. The molecule has 0 saturated carbocycles. The van der Waals surface area contributed by atoms with Crippen LogP contribution in [0.1, 0.15) is 5.69 Å². The first kappa shape index (κ1) is 19.4. The summed E-state index contributed by atoms with van der Waals surface area (Å²) in [6, 6.07) is 16.5. The summed E-state index contributed by atoms with van der Waals surface area (Å²) in [5, 5.41) is 6.56. The van der Waals surface area contributed by atoms with E-state index in [9.17, 15) is 13.2 Å². The van der Waals surface area contributed by atoms with Crippen molar-refractivity contribution in [2.75, 3.05) is 17.7 Å². The van der Waals surface area contributed by atoms with Crippen LogP contribution in [-0.2, 0) is 6.18 Å². The third-order valence-corrected chi connectivity index (χ3v) is 4.24. The van der Waals surface area contributed by atoms with E-state index in [4.69, 9.17) is 4.74 Å². The summed E-state index contributed by atoms with van der Waals surface area (Å²) < 4.78 is 45.2. The van der Waals surface area contributed by atoms with E-state index in [0.717, 1.165) is 17.0 Å². The van der Waals surface area contributed by atoms with Crippen LogP contribution in [0.3, 0.4) is 0 Å². The Morgan fingerprint density at radius 3 is 2.37 bits per heavy atom. The summed E-state index contributed by atoms with van der Waals surface area (Å²) in [5.41, 5.74) is 0.831. The second-order valence-electron chi connectivity index (χ2n) is 6.35. The van der Waals surface area contributed by atoms with Gasteiger partial charge in [-0.05, 0) is 48.5 Å². The standard InChI is InChI=1S/C21H16F3N5O/c1-30-16-7-4-14(5-8-16)27-20-28-18(21(22,23)24)12-19(29-20)26-15-6-9-17-13(11-15)3-2-10-25-17/h2-12H,1H3,(H2,26,27,28,29). The Bertz CT molecular complexity index is 1180. The molecule has 0 spiro atoms. The number of rotatable bonds is 5. The van der Waals surface area contributed by atoms with E-state index in [2.05, 4.69) is 25.6 Å². The van der Waals surface area contributed by atoms with Crippen LogP contribution in [0.2, 0.25) is 0 Å². The van der Waals surface area contributed by atoms with Gasteiger partial charge in [-0.3, -0.25) is 4.98 Å². The first-order valence-corrected chi connectivity index (χ1v) is 8.90. The minimum atomic E-state index is -4.62. The number of nitrogens with zero attached hydrogens (tertiary/aromatic N) is 3. The molecule has 30 heavy (non-hydrogen) atoms. The SMILES string of the molecule is COc1ccc(Nc2nc(Nc3ccc4ncccc4c3)cc(C(F)(F)F)n2)cc1. The molecule has 0 aliphatic heterocycles. The molecule has 4 aromatic rings. The van der Waals surface area contributed by atoms with Gasteiger partial charge in [0.1, 0.15) is 11.6 Å². The molecule has 0 atom stereocenters. The number of pyridine rings is 1. The van der Waals surface area contributed by atoms with E-state index in [1.807, 2.05) is 6.07 Å². The number of hydrogen-bond donors (Lipinski definition) is 2. The first-order chi connectivity index (χ1) is 14.4. The molecule has 2 aromatic heterocycles. The molecule has 0 radical (unpaired) electrons. The molecule has 9 heteroatoms. The lowest BCUT2D eigenvalue weighted by molar-refractivity contribution is -0.141. The molecule has 0 aliphatic carbocycles. The maximum atomic E-state index is 13.4. The van der Waals surface area contributed by atoms with Crippen LogP contribution < -0.4 is 15.4 Å². The van der Waals surface area contributed by atoms with Crippen LogP contribution in [0.15, 0.2) is 66.9 Å². The maximum Gasteiger partial charge on any atom is 0.433 e. The van der Waals surface area contributed by atoms with E-state index < -0.39 is 11.9 Å². The fraction of sp³-hybridized carbons (Fsp3) is 0.0952. The van der Waals surface area contributed by atoms with E-state index in [1.165, 1.54) is 7.11 Å². The largest absolute Gasteiger partial charge is 0.497 e. The molecule has 0 amide bonds. The summed E-state index contributed by atoms with van der Waals surface area (Å²) in [6.07, 6.45) is -2.95. The molecule has 4 rings (SSSR count). The molecule has 0 fully saturated rings. The van der Waals surface area contributed by atoms with Crippen LogP contribution in [0.5, 0.6) is 5.75 Å². The average Bonchev–Trinajstić information content (AvgIpc) is 2.73. The van der Waals surface area contributed by atoms with Crippen molar-refractivity contribution in [1.82, 2.24) is 15.0 Å². The van der Waals surface area contributed by atoms with Crippen molar-refractivity contribution in [3.8, 4) is 5.75 Å². The number of hydrogen-bond acceptors (Lipinski definition) is 6. The molecule has 152 valence electrons. The van der Waals surface area contributed by atoms with E-state index in [-0.39, 0.29) is 11.8 Å². The molecular weight excluding hydrogens is 395 g/mol. The zero-order valence-corrected chi connectivity index (χ0v) is 15.7. The fourth-order valence-electron chi connectivity index (χ4n) is 2.82. The third kappa shape index (κ3) is 4.40. The number of ether oxygens (including phenoxy) is 1. The van der Waals surface area contributed by atoms with Crippen molar-refractivity contribution in [3.63, 3.8) is 0 Å². The molecule has 0 bridgehead atoms. The van der Waals surface area contributed by atoms with Gasteiger partial charge in [0.15, 0.2) is 5.69 Å². The second-order valence-corrected chi connectivity index (χ2v) is 6.35. The average molecular weight is 411 g/mol. The molecule has 0 saturated heterocycles. The first-order valence-electron chi connectivity index (χ1n) is 8.90. The number of alkyl halides is 3. The zero-order chi connectivity index (χ0) is 21.1. The van der Waals surface area contributed by atoms with Crippen molar-refractivity contribution in [3.05, 3.63) is 72.6 Å². The zero-order valence-electron chi connectivity index (χ0n) is 15.7. The molecule has 2 N–H and O–H groups in total. The summed E-state index contributed by atoms with van der Waals surface area (Å²) in [4.78, 5) is 12.0. The molecule has 6 nitrogen and oxygen atoms in total. The van der Waals surface area contributed by atoms with Crippen LogP contribution >= 0.6 is 0 Å². The Morgan fingerprint density at radius 1 is 0.867 bits per heavy atom. The van der Waals surface area contributed by atoms with Gasteiger partial charge in [-0.1, -0.05) is 6.07 Å². The number of methoxy groups -OCH3 is 1. The highest BCUT2D eigenvalue weighted by atomic mass is 19.4. The maximum absolute atomic E-state index is 13.4. The number of fused-ring (bicyclic) bond motifs is 1. The van der Waals surface area contributed by atoms with Gasteiger partial charge in [-0.25, -0.2) is 4.98 Å². The minimum absolute atomic E-state index is 0.0107. The Morgan fingerprint density at radius 2 is 1.63 bits per heavy atom. The topological polar surface area (TPSA) is 72.0 Å². The normalized spacial score (nSPS) is 11.3. The summed E-state index contributed by atoms with van der Waals surface area (Å²) in [6.45, 7) is 0. The highest BCUT2D eigenvalue weighted by Crippen LogP contribution is 2.31. The lowest BCUT2D eigenvalue weighted by Gasteiger charge is -2.13. The highest BCUT2D eigenvalue weighted by Gasteiger charge is 2.33. The van der Waals surface area contributed by atoms with Crippen LogP contribution in [0, 0.1) is 0 Å². The summed E-state index contributed by atoms with van der Waals surface area (Å²) >= 11 is 0. The van der Waals surface area contributed by atoms with Crippen molar-refractivity contribution in [2.45, 2.75) is 6.18 Å². The lowest BCUT2D eigenvalue weighted by Crippen LogP contribution is -2.12. The van der Waals surface area contributed by atoms with E-state index >= 15 is 0 Å². The van der Waals surface area contributed by atoms with Gasteiger partial charge in [0.2, 0.25) is 5.95 Å². The predicted octanol–water partition coefficient (Wildman–Crippen LogP) is 5.54. The number of halogens is 3. The molecule has 2 aromatic carbocycles. The number of benzene rings is 2.